The molecule has 3 nitrogen and oxygen atoms in total. The first-order chi connectivity index (χ1) is 7.53. The van der Waals surface area contributed by atoms with Gasteiger partial charge in [0.1, 0.15) is 0 Å². The number of pyridine rings is 1. The average Bonchev–Trinajstić information content (AvgIpc) is 2.21. The van der Waals surface area contributed by atoms with Gasteiger partial charge in [0.15, 0.2) is 0 Å². The lowest BCUT2D eigenvalue weighted by Crippen LogP contribution is -2.32. The Morgan fingerprint density at radius 1 is 1.50 bits per heavy atom. The van der Waals surface area contributed by atoms with Crippen molar-refractivity contribution in [2.24, 2.45) is 0 Å². The van der Waals surface area contributed by atoms with Crippen LogP contribution in [0.1, 0.15) is 26.0 Å². The Labute approximate surface area is 105 Å². The molecule has 0 aliphatic carbocycles. The lowest BCUT2D eigenvalue weighted by atomic mass is 9.96. The molecule has 1 aromatic heterocycles. The van der Waals surface area contributed by atoms with Crippen LogP contribution in [0.5, 0.6) is 0 Å². The van der Waals surface area contributed by atoms with E-state index in [1.54, 1.807) is 6.20 Å². The second-order valence-corrected chi connectivity index (χ2v) is 5.16. The van der Waals surface area contributed by atoms with Crippen molar-refractivity contribution in [2.75, 3.05) is 13.1 Å². The molecule has 16 heavy (non-hydrogen) atoms. The van der Waals surface area contributed by atoms with E-state index in [0.29, 0.717) is 6.42 Å². The standard InChI is InChI=1S/C12H19BrN2O/c1-3-14-7-6-12(2,16)8-11-5-4-10(13)9-15-11/h4-5,9,14,16H,3,6-8H2,1-2H3. The maximum Gasteiger partial charge on any atom is 0.0687 e. The number of aromatic nitrogens is 1. The fourth-order valence-corrected chi connectivity index (χ4v) is 1.76. The fraction of sp³-hybridized carbons (Fsp3) is 0.583. The lowest BCUT2D eigenvalue weighted by molar-refractivity contribution is 0.0507. The third kappa shape index (κ3) is 5.05. The van der Waals surface area contributed by atoms with Gasteiger partial charge in [-0.3, -0.25) is 4.98 Å². The van der Waals surface area contributed by atoms with Gasteiger partial charge in [0.25, 0.3) is 0 Å². The minimum absolute atomic E-state index is 0.589. The molecule has 0 radical (unpaired) electrons. The maximum absolute atomic E-state index is 10.2. The van der Waals surface area contributed by atoms with Crippen molar-refractivity contribution in [3.05, 3.63) is 28.5 Å². The van der Waals surface area contributed by atoms with E-state index >= 15 is 0 Å². The molecule has 1 unspecified atom stereocenters. The van der Waals surface area contributed by atoms with Crippen LogP contribution in [-0.2, 0) is 6.42 Å². The average molecular weight is 287 g/mol. The molecule has 90 valence electrons. The van der Waals surface area contributed by atoms with Crippen molar-refractivity contribution in [3.63, 3.8) is 0 Å². The van der Waals surface area contributed by atoms with Crippen molar-refractivity contribution in [2.45, 2.75) is 32.3 Å². The molecule has 0 saturated carbocycles. The van der Waals surface area contributed by atoms with Gasteiger partial charge in [0, 0.05) is 22.8 Å². The highest BCUT2D eigenvalue weighted by molar-refractivity contribution is 9.10. The highest BCUT2D eigenvalue weighted by Crippen LogP contribution is 2.16. The molecule has 4 heteroatoms. The van der Waals surface area contributed by atoms with Crippen LogP contribution >= 0.6 is 15.9 Å². The first kappa shape index (κ1) is 13.6. The molecule has 0 bridgehead atoms. The minimum Gasteiger partial charge on any atom is -0.390 e. The summed E-state index contributed by atoms with van der Waals surface area (Å²) in [5.41, 5.74) is 0.230. The van der Waals surface area contributed by atoms with E-state index < -0.39 is 5.60 Å². The zero-order chi connectivity index (χ0) is 12.0. The highest BCUT2D eigenvalue weighted by atomic mass is 79.9. The largest absolute Gasteiger partial charge is 0.390 e. The topological polar surface area (TPSA) is 45.1 Å². The first-order valence-corrected chi connectivity index (χ1v) is 6.36. The Balaban J connectivity index is 2.48. The van der Waals surface area contributed by atoms with Crippen LogP contribution < -0.4 is 5.32 Å². The number of nitrogens with zero attached hydrogens (tertiary/aromatic N) is 1. The molecule has 1 rings (SSSR count). The number of hydrogen-bond donors (Lipinski definition) is 2. The van der Waals surface area contributed by atoms with Gasteiger partial charge >= 0.3 is 0 Å². The number of halogens is 1. The van der Waals surface area contributed by atoms with Crippen LogP contribution in [0.3, 0.4) is 0 Å². The number of nitrogens with one attached hydrogen (secondary N) is 1. The van der Waals surface area contributed by atoms with Crippen molar-refractivity contribution in [3.8, 4) is 0 Å². The molecule has 0 spiro atoms. The van der Waals surface area contributed by atoms with E-state index in [4.69, 9.17) is 0 Å². The molecule has 2 N–H and O–H groups in total. The normalized spacial score (nSPS) is 14.8. The summed E-state index contributed by atoms with van der Waals surface area (Å²) < 4.78 is 0.962. The molecular formula is C12H19BrN2O. The molecule has 1 atom stereocenters. The molecular weight excluding hydrogens is 268 g/mol. The predicted octanol–water partition coefficient (Wildman–Crippen LogP) is 2.14. The summed E-state index contributed by atoms with van der Waals surface area (Å²) in [6.45, 7) is 5.69. The Hall–Kier alpha value is -0.450. The smallest absolute Gasteiger partial charge is 0.0687 e. The summed E-state index contributed by atoms with van der Waals surface area (Å²) in [7, 11) is 0. The van der Waals surface area contributed by atoms with E-state index in [0.717, 1.165) is 29.7 Å². The Morgan fingerprint density at radius 2 is 2.25 bits per heavy atom. The van der Waals surface area contributed by atoms with Crippen LogP contribution in [0.4, 0.5) is 0 Å². The molecule has 0 aliphatic heterocycles. The van der Waals surface area contributed by atoms with Gasteiger partial charge in [-0.2, -0.15) is 0 Å². The first-order valence-electron chi connectivity index (χ1n) is 5.57. The maximum atomic E-state index is 10.2. The van der Waals surface area contributed by atoms with Crippen LogP contribution in [0.2, 0.25) is 0 Å². The van der Waals surface area contributed by atoms with Gasteiger partial charge in [0.05, 0.1) is 5.60 Å². The number of rotatable bonds is 6. The van der Waals surface area contributed by atoms with Gasteiger partial charge in [-0.05, 0) is 54.5 Å². The molecule has 0 saturated heterocycles. The summed E-state index contributed by atoms with van der Waals surface area (Å²) in [5.74, 6) is 0. The Bertz CT molecular complexity index is 311. The molecule has 1 aromatic rings. The monoisotopic (exact) mass is 286 g/mol. The summed E-state index contributed by atoms with van der Waals surface area (Å²) in [6.07, 6.45) is 3.08. The molecule has 0 aromatic carbocycles. The lowest BCUT2D eigenvalue weighted by Gasteiger charge is -2.22. The quantitative estimate of drug-likeness (QED) is 0.788. The summed E-state index contributed by atoms with van der Waals surface area (Å²) >= 11 is 3.34. The van der Waals surface area contributed by atoms with Gasteiger partial charge in [-0.15, -0.1) is 0 Å². The van der Waals surface area contributed by atoms with Gasteiger partial charge in [-0.25, -0.2) is 0 Å². The van der Waals surface area contributed by atoms with Crippen LogP contribution in [0.25, 0.3) is 0 Å². The third-order valence-electron chi connectivity index (χ3n) is 2.44. The van der Waals surface area contributed by atoms with Crippen LogP contribution in [0.15, 0.2) is 22.8 Å². The Kier molecular flexibility index (Phi) is 5.38. The summed E-state index contributed by atoms with van der Waals surface area (Å²) in [6, 6.07) is 3.88. The van der Waals surface area contributed by atoms with Gasteiger partial charge < -0.3 is 10.4 Å². The fourth-order valence-electron chi connectivity index (χ4n) is 1.52. The summed E-state index contributed by atoms with van der Waals surface area (Å²) in [4.78, 5) is 4.26. The molecule has 1 heterocycles. The van der Waals surface area contributed by atoms with E-state index in [1.165, 1.54) is 0 Å². The predicted molar refractivity (Wildman–Crippen MR) is 69.4 cm³/mol. The minimum atomic E-state index is -0.691. The van der Waals surface area contributed by atoms with Crippen LogP contribution in [-0.4, -0.2) is 28.8 Å². The van der Waals surface area contributed by atoms with Crippen molar-refractivity contribution in [1.82, 2.24) is 10.3 Å². The molecule has 0 fully saturated rings. The second-order valence-electron chi connectivity index (χ2n) is 4.25. The zero-order valence-corrected chi connectivity index (χ0v) is 11.4. The van der Waals surface area contributed by atoms with Crippen LogP contribution in [0, 0.1) is 0 Å². The van der Waals surface area contributed by atoms with Gasteiger partial charge in [0.2, 0.25) is 0 Å². The second kappa shape index (κ2) is 6.33. The number of hydrogen-bond acceptors (Lipinski definition) is 3. The SMILES string of the molecule is CCNCCC(C)(O)Cc1ccc(Br)cn1. The summed E-state index contributed by atoms with van der Waals surface area (Å²) in [5, 5.41) is 13.4. The van der Waals surface area contributed by atoms with Crippen molar-refractivity contribution >= 4 is 15.9 Å². The van der Waals surface area contributed by atoms with Gasteiger partial charge in [-0.1, -0.05) is 6.92 Å². The van der Waals surface area contributed by atoms with E-state index in [9.17, 15) is 5.11 Å². The Morgan fingerprint density at radius 3 is 2.81 bits per heavy atom. The number of aliphatic hydroxyl groups is 1. The third-order valence-corrected chi connectivity index (χ3v) is 2.91. The van der Waals surface area contributed by atoms with Crippen molar-refractivity contribution < 1.29 is 5.11 Å². The highest BCUT2D eigenvalue weighted by Gasteiger charge is 2.20. The van der Waals surface area contributed by atoms with E-state index in [2.05, 4.69) is 33.2 Å². The molecule has 0 aliphatic rings. The van der Waals surface area contributed by atoms with Crippen molar-refractivity contribution in [1.29, 1.82) is 0 Å². The van der Waals surface area contributed by atoms with E-state index in [-0.39, 0.29) is 0 Å². The zero-order valence-electron chi connectivity index (χ0n) is 9.83. The van der Waals surface area contributed by atoms with E-state index in [1.807, 2.05) is 19.1 Å². The molecule has 0 amide bonds.